The summed E-state index contributed by atoms with van der Waals surface area (Å²) in [5, 5.41) is 13.5. The van der Waals surface area contributed by atoms with Crippen molar-refractivity contribution >= 4 is 20.2 Å². The Balaban J connectivity index is 1.78. The van der Waals surface area contributed by atoms with Gasteiger partial charge in [0, 0.05) is 11.1 Å². The Morgan fingerprint density at radius 3 is 2.43 bits per heavy atom. The minimum absolute atomic E-state index is 0.0363. The highest BCUT2D eigenvalue weighted by Crippen LogP contribution is 2.19. The first-order valence-corrected chi connectivity index (χ1v) is 12.9. The van der Waals surface area contributed by atoms with Gasteiger partial charge in [0.2, 0.25) is 5.95 Å². The van der Waals surface area contributed by atoms with Gasteiger partial charge in [-0.3, -0.25) is 9.78 Å². The summed E-state index contributed by atoms with van der Waals surface area (Å²) in [6.07, 6.45) is 1.62. The molecule has 30 heavy (non-hydrogen) atoms. The fourth-order valence-electron chi connectivity index (χ4n) is 2.51. The molecule has 3 rings (SSSR count). The topological polar surface area (TPSA) is 93.9 Å². The maximum Gasteiger partial charge on any atom is 0.270 e. The molecule has 2 aromatic carbocycles. The minimum Gasteiger partial charge on any atom is -0.290 e. The molecular formula is C23H21N5OSi. The van der Waals surface area contributed by atoms with Crippen LogP contribution in [0, 0.1) is 22.8 Å². The standard InChI is InChI=1S/C23H21N5OSi/c1-30(2,3)14-13-17-9-11-18(12-10-17)16-25-28-23-26-21(19-7-5-4-6-8-19)20(15-24)22(29)27-23/h4-12,16H,1-3H3,(H2,26,27,28,29). The number of rotatable bonds is 4. The van der Waals surface area contributed by atoms with Crippen molar-refractivity contribution < 1.29 is 0 Å². The molecule has 0 bridgehead atoms. The van der Waals surface area contributed by atoms with Crippen LogP contribution >= 0.6 is 0 Å². The number of aromatic nitrogens is 2. The van der Waals surface area contributed by atoms with Crippen LogP contribution in [0.3, 0.4) is 0 Å². The first-order valence-electron chi connectivity index (χ1n) is 9.38. The summed E-state index contributed by atoms with van der Waals surface area (Å²) >= 11 is 0. The fraction of sp³-hybridized carbons (Fsp3) is 0.130. The van der Waals surface area contributed by atoms with Crippen LogP contribution in [0.5, 0.6) is 0 Å². The number of nitriles is 1. The Morgan fingerprint density at radius 2 is 1.80 bits per heavy atom. The van der Waals surface area contributed by atoms with Gasteiger partial charge in [-0.1, -0.05) is 68.0 Å². The second-order valence-electron chi connectivity index (χ2n) is 7.61. The molecule has 0 amide bonds. The maximum atomic E-state index is 12.2. The predicted octanol–water partition coefficient (Wildman–Crippen LogP) is 3.98. The van der Waals surface area contributed by atoms with Crippen molar-refractivity contribution in [3.63, 3.8) is 0 Å². The van der Waals surface area contributed by atoms with Gasteiger partial charge in [0.1, 0.15) is 19.7 Å². The molecular weight excluding hydrogens is 390 g/mol. The van der Waals surface area contributed by atoms with Crippen molar-refractivity contribution in [2.24, 2.45) is 5.10 Å². The van der Waals surface area contributed by atoms with Crippen LogP contribution < -0.4 is 11.0 Å². The average Bonchev–Trinajstić information content (AvgIpc) is 2.73. The monoisotopic (exact) mass is 411 g/mol. The van der Waals surface area contributed by atoms with Crippen LogP contribution in [-0.4, -0.2) is 24.3 Å². The van der Waals surface area contributed by atoms with Gasteiger partial charge in [-0.05, 0) is 17.7 Å². The van der Waals surface area contributed by atoms with E-state index in [1.165, 1.54) is 0 Å². The molecule has 0 radical (unpaired) electrons. The normalized spacial score (nSPS) is 10.9. The average molecular weight is 412 g/mol. The number of nitrogens with zero attached hydrogens (tertiary/aromatic N) is 3. The van der Waals surface area contributed by atoms with Gasteiger partial charge >= 0.3 is 0 Å². The molecule has 0 aliphatic rings. The van der Waals surface area contributed by atoms with Gasteiger partial charge in [0.25, 0.3) is 5.56 Å². The van der Waals surface area contributed by atoms with Crippen LogP contribution in [-0.2, 0) is 0 Å². The van der Waals surface area contributed by atoms with Crippen LogP contribution in [0.25, 0.3) is 11.3 Å². The third kappa shape index (κ3) is 5.54. The zero-order chi connectivity index (χ0) is 21.6. The van der Waals surface area contributed by atoms with E-state index in [0.29, 0.717) is 11.3 Å². The summed E-state index contributed by atoms with van der Waals surface area (Å²) in [7, 11) is -1.41. The summed E-state index contributed by atoms with van der Waals surface area (Å²) in [5.41, 5.74) is 8.34. The van der Waals surface area contributed by atoms with E-state index in [1.807, 2.05) is 48.5 Å². The van der Waals surface area contributed by atoms with E-state index in [2.05, 4.69) is 51.6 Å². The zero-order valence-corrected chi connectivity index (χ0v) is 18.0. The van der Waals surface area contributed by atoms with E-state index in [0.717, 1.165) is 11.1 Å². The molecule has 7 heteroatoms. The molecule has 0 aliphatic heterocycles. The van der Waals surface area contributed by atoms with Crippen molar-refractivity contribution in [3.8, 4) is 28.8 Å². The van der Waals surface area contributed by atoms with Gasteiger partial charge in [-0.15, -0.1) is 5.54 Å². The van der Waals surface area contributed by atoms with E-state index >= 15 is 0 Å². The third-order valence-electron chi connectivity index (χ3n) is 3.96. The number of anilines is 1. The highest BCUT2D eigenvalue weighted by Gasteiger charge is 2.12. The van der Waals surface area contributed by atoms with Crippen molar-refractivity contribution in [2.75, 3.05) is 5.43 Å². The first-order chi connectivity index (χ1) is 14.4. The Labute approximate surface area is 176 Å². The number of nitrogens with one attached hydrogen (secondary N) is 2. The molecule has 0 saturated carbocycles. The molecule has 0 spiro atoms. The van der Waals surface area contributed by atoms with Crippen molar-refractivity contribution in [3.05, 3.63) is 81.6 Å². The number of H-pyrrole nitrogens is 1. The second-order valence-corrected chi connectivity index (χ2v) is 12.4. The zero-order valence-electron chi connectivity index (χ0n) is 17.0. The summed E-state index contributed by atoms with van der Waals surface area (Å²) in [5.74, 6) is 3.37. The Bertz CT molecular complexity index is 1220. The van der Waals surface area contributed by atoms with E-state index in [-0.39, 0.29) is 11.5 Å². The van der Waals surface area contributed by atoms with E-state index < -0.39 is 13.6 Å². The van der Waals surface area contributed by atoms with Crippen molar-refractivity contribution in [1.82, 2.24) is 9.97 Å². The molecule has 1 heterocycles. The van der Waals surface area contributed by atoms with Gasteiger partial charge < -0.3 is 0 Å². The van der Waals surface area contributed by atoms with Gasteiger partial charge in [0.05, 0.1) is 11.9 Å². The van der Waals surface area contributed by atoms with Crippen molar-refractivity contribution in [1.29, 1.82) is 5.26 Å². The third-order valence-corrected chi connectivity index (χ3v) is 4.83. The molecule has 148 valence electrons. The molecule has 0 aliphatic carbocycles. The lowest BCUT2D eigenvalue weighted by Gasteiger charge is -2.06. The molecule has 0 fully saturated rings. The lowest BCUT2D eigenvalue weighted by Crippen LogP contribution is -2.16. The number of hydrogen-bond donors (Lipinski definition) is 2. The van der Waals surface area contributed by atoms with E-state index in [1.54, 1.807) is 18.3 Å². The molecule has 0 unspecified atom stereocenters. The quantitative estimate of drug-likeness (QED) is 0.294. The van der Waals surface area contributed by atoms with Gasteiger partial charge in [-0.25, -0.2) is 10.4 Å². The smallest absolute Gasteiger partial charge is 0.270 e. The lowest BCUT2D eigenvalue weighted by molar-refractivity contribution is 1.08. The highest BCUT2D eigenvalue weighted by atomic mass is 28.3. The Morgan fingerprint density at radius 1 is 1.10 bits per heavy atom. The molecule has 6 nitrogen and oxygen atoms in total. The Kier molecular flexibility index (Phi) is 6.26. The van der Waals surface area contributed by atoms with Crippen LogP contribution in [0.4, 0.5) is 5.95 Å². The molecule has 0 saturated heterocycles. The number of hydrogen-bond acceptors (Lipinski definition) is 5. The van der Waals surface area contributed by atoms with Gasteiger partial charge in [-0.2, -0.15) is 10.4 Å². The second kappa shape index (κ2) is 9.04. The van der Waals surface area contributed by atoms with Crippen LogP contribution in [0.1, 0.15) is 16.7 Å². The van der Waals surface area contributed by atoms with Gasteiger partial charge in [0.15, 0.2) is 0 Å². The first kappa shape index (κ1) is 20.8. The SMILES string of the molecule is C[Si](C)(C)C#Cc1ccc(C=NNc2nc(-c3ccccc3)c(C#N)c(=O)[nH]2)cc1. The van der Waals surface area contributed by atoms with Crippen LogP contribution in [0.15, 0.2) is 64.5 Å². The van der Waals surface area contributed by atoms with E-state index in [9.17, 15) is 10.1 Å². The number of benzene rings is 2. The highest BCUT2D eigenvalue weighted by molar-refractivity contribution is 6.83. The summed E-state index contributed by atoms with van der Waals surface area (Å²) in [6, 6.07) is 18.7. The number of hydrazone groups is 1. The van der Waals surface area contributed by atoms with Crippen LogP contribution in [0.2, 0.25) is 19.6 Å². The Hall–Kier alpha value is -3.94. The predicted molar refractivity (Wildman–Crippen MR) is 123 cm³/mol. The summed E-state index contributed by atoms with van der Waals surface area (Å²) in [6.45, 7) is 6.62. The largest absolute Gasteiger partial charge is 0.290 e. The lowest BCUT2D eigenvalue weighted by atomic mass is 10.1. The number of aromatic amines is 1. The van der Waals surface area contributed by atoms with Crippen molar-refractivity contribution in [2.45, 2.75) is 19.6 Å². The minimum atomic E-state index is -1.41. The fourth-order valence-corrected chi connectivity index (χ4v) is 3.03. The molecule has 2 N–H and O–H groups in total. The molecule has 3 aromatic rings. The summed E-state index contributed by atoms with van der Waals surface area (Å²) in [4.78, 5) is 19.1. The van der Waals surface area contributed by atoms with E-state index in [4.69, 9.17) is 0 Å². The summed E-state index contributed by atoms with van der Waals surface area (Å²) < 4.78 is 0. The molecule has 1 aromatic heterocycles. The molecule has 0 atom stereocenters. The maximum absolute atomic E-state index is 12.2.